The monoisotopic (exact) mass is 359 g/mol. The van der Waals surface area contributed by atoms with Crippen molar-refractivity contribution in [3.05, 3.63) is 46.7 Å². The number of rotatable bonds is 6. The molecule has 1 N–H and O–H groups in total. The van der Waals surface area contributed by atoms with Crippen LogP contribution in [0.1, 0.15) is 11.8 Å². The molecular weight excluding hydrogens is 334 g/mol. The molecule has 134 valence electrons. The first-order valence-electron chi connectivity index (χ1n) is 8.72. The molecule has 0 bridgehead atoms. The minimum Gasteiger partial charge on any atom is -0.508 e. The molecule has 0 saturated carbocycles. The summed E-state index contributed by atoms with van der Waals surface area (Å²) in [5, 5.41) is 11.4. The summed E-state index contributed by atoms with van der Waals surface area (Å²) in [5.41, 5.74) is 1.12. The van der Waals surface area contributed by atoms with E-state index in [0.29, 0.717) is 18.8 Å². The number of amides is 1. The van der Waals surface area contributed by atoms with Crippen molar-refractivity contribution in [3.63, 3.8) is 0 Å². The SMILES string of the molecule is CCN(Cc1cccs1)C(=O)CN1CCN(c2ccc(O)cc2)CC1. The lowest BCUT2D eigenvalue weighted by molar-refractivity contribution is -0.132. The van der Waals surface area contributed by atoms with Gasteiger partial charge in [-0.2, -0.15) is 0 Å². The molecule has 0 atom stereocenters. The van der Waals surface area contributed by atoms with Crippen molar-refractivity contribution < 1.29 is 9.90 Å². The third-order valence-corrected chi connectivity index (χ3v) is 5.47. The summed E-state index contributed by atoms with van der Waals surface area (Å²) in [6.07, 6.45) is 0. The van der Waals surface area contributed by atoms with E-state index in [1.165, 1.54) is 4.88 Å². The summed E-state index contributed by atoms with van der Waals surface area (Å²) in [5.74, 6) is 0.493. The van der Waals surface area contributed by atoms with Crippen LogP contribution in [0.2, 0.25) is 0 Å². The van der Waals surface area contributed by atoms with E-state index in [1.807, 2.05) is 30.0 Å². The average Bonchev–Trinajstić information content (AvgIpc) is 3.14. The van der Waals surface area contributed by atoms with Gasteiger partial charge in [0.05, 0.1) is 13.1 Å². The van der Waals surface area contributed by atoms with Crippen LogP contribution < -0.4 is 4.90 Å². The molecule has 1 amide bonds. The number of benzene rings is 1. The Balaban J connectivity index is 1.49. The number of carbonyl (C=O) groups is 1. The normalized spacial score (nSPS) is 15.3. The Hall–Kier alpha value is -2.05. The molecule has 2 aromatic rings. The Kier molecular flexibility index (Phi) is 5.94. The number of hydrogen-bond donors (Lipinski definition) is 1. The molecule has 0 spiro atoms. The van der Waals surface area contributed by atoms with Gasteiger partial charge in [-0.05, 0) is 42.6 Å². The number of phenols is 1. The van der Waals surface area contributed by atoms with Gasteiger partial charge in [0.25, 0.3) is 0 Å². The van der Waals surface area contributed by atoms with Crippen molar-refractivity contribution in [2.24, 2.45) is 0 Å². The molecule has 2 heterocycles. The lowest BCUT2D eigenvalue weighted by Crippen LogP contribution is -2.50. The number of hydrogen-bond acceptors (Lipinski definition) is 5. The fraction of sp³-hybridized carbons (Fsp3) is 0.421. The van der Waals surface area contributed by atoms with E-state index in [2.05, 4.69) is 21.2 Å². The minimum absolute atomic E-state index is 0.203. The van der Waals surface area contributed by atoms with Gasteiger partial charge in [-0.3, -0.25) is 9.69 Å². The van der Waals surface area contributed by atoms with E-state index < -0.39 is 0 Å². The van der Waals surface area contributed by atoms with Gasteiger partial charge in [-0.25, -0.2) is 0 Å². The van der Waals surface area contributed by atoms with E-state index in [9.17, 15) is 9.90 Å². The van der Waals surface area contributed by atoms with Crippen molar-refractivity contribution in [2.75, 3.05) is 44.2 Å². The molecule has 0 unspecified atom stereocenters. The second-order valence-electron chi connectivity index (χ2n) is 6.27. The van der Waals surface area contributed by atoms with Crippen LogP contribution in [-0.2, 0) is 11.3 Å². The van der Waals surface area contributed by atoms with Crippen LogP contribution in [0.3, 0.4) is 0 Å². The summed E-state index contributed by atoms with van der Waals surface area (Å²) >= 11 is 1.70. The van der Waals surface area contributed by atoms with E-state index >= 15 is 0 Å². The first-order chi connectivity index (χ1) is 12.2. The Morgan fingerprint density at radius 2 is 1.88 bits per heavy atom. The summed E-state index contributed by atoms with van der Waals surface area (Å²) in [6, 6.07) is 11.4. The number of anilines is 1. The molecule has 1 aliphatic heterocycles. The summed E-state index contributed by atoms with van der Waals surface area (Å²) in [6.45, 7) is 7.53. The molecule has 1 fully saturated rings. The second-order valence-corrected chi connectivity index (χ2v) is 7.30. The summed E-state index contributed by atoms with van der Waals surface area (Å²) in [7, 11) is 0. The Morgan fingerprint density at radius 3 is 2.48 bits per heavy atom. The lowest BCUT2D eigenvalue weighted by Gasteiger charge is -2.36. The maximum absolute atomic E-state index is 12.6. The van der Waals surface area contributed by atoms with Crippen LogP contribution in [0.15, 0.2) is 41.8 Å². The molecular formula is C19H25N3O2S. The third kappa shape index (κ3) is 4.74. The van der Waals surface area contributed by atoms with Crippen molar-refractivity contribution in [3.8, 4) is 5.75 Å². The van der Waals surface area contributed by atoms with Crippen LogP contribution in [-0.4, -0.2) is 60.1 Å². The summed E-state index contributed by atoms with van der Waals surface area (Å²) < 4.78 is 0. The maximum Gasteiger partial charge on any atom is 0.237 e. The Morgan fingerprint density at radius 1 is 1.16 bits per heavy atom. The molecule has 6 heteroatoms. The first kappa shape index (κ1) is 17.8. The van der Waals surface area contributed by atoms with Crippen LogP contribution in [0, 0.1) is 0 Å². The predicted octanol–water partition coefficient (Wildman–Crippen LogP) is 2.62. The number of piperazine rings is 1. The van der Waals surface area contributed by atoms with E-state index in [4.69, 9.17) is 0 Å². The number of likely N-dealkylation sites (N-methyl/N-ethyl adjacent to an activating group) is 1. The molecule has 1 aromatic heterocycles. The molecule has 5 nitrogen and oxygen atoms in total. The van der Waals surface area contributed by atoms with Crippen molar-refractivity contribution in [2.45, 2.75) is 13.5 Å². The molecule has 25 heavy (non-hydrogen) atoms. The van der Waals surface area contributed by atoms with Gasteiger partial charge in [-0.15, -0.1) is 11.3 Å². The maximum atomic E-state index is 12.6. The minimum atomic E-state index is 0.203. The zero-order chi connectivity index (χ0) is 17.6. The summed E-state index contributed by atoms with van der Waals surface area (Å²) in [4.78, 5) is 20.3. The smallest absolute Gasteiger partial charge is 0.237 e. The van der Waals surface area contributed by atoms with Crippen LogP contribution in [0.4, 0.5) is 5.69 Å². The number of thiophene rings is 1. The van der Waals surface area contributed by atoms with Gasteiger partial charge in [0.1, 0.15) is 5.75 Å². The highest BCUT2D eigenvalue weighted by Gasteiger charge is 2.21. The second kappa shape index (κ2) is 8.36. The lowest BCUT2D eigenvalue weighted by atomic mass is 10.2. The first-order valence-corrected chi connectivity index (χ1v) is 9.60. The van der Waals surface area contributed by atoms with Crippen molar-refractivity contribution >= 4 is 22.9 Å². The highest BCUT2D eigenvalue weighted by molar-refractivity contribution is 7.09. The van der Waals surface area contributed by atoms with E-state index in [0.717, 1.165) is 38.4 Å². The zero-order valence-corrected chi connectivity index (χ0v) is 15.4. The van der Waals surface area contributed by atoms with Crippen molar-refractivity contribution in [1.29, 1.82) is 0 Å². The van der Waals surface area contributed by atoms with Gasteiger partial charge >= 0.3 is 0 Å². The fourth-order valence-corrected chi connectivity index (χ4v) is 3.81. The largest absolute Gasteiger partial charge is 0.508 e. The predicted molar refractivity (Wildman–Crippen MR) is 102 cm³/mol. The third-order valence-electron chi connectivity index (χ3n) is 4.61. The van der Waals surface area contributed by atoms with Gasteiger partial charge in [0, 0.05) is 43.3 Å². The molecule has 0 radical (unpaired) electrons. The highest BCUT2D eigenvalue weighted by Crippen LogP contribution is 2.20. The number of phenolic OH excluding ortho intramolecular Hbond substituents is 1. The Bertz CT molecular complexity index is 664. The molecule has 1 saturated heterocycles. The van der Waals surface area contributed by atoms with Gasteiger partial charge < -0.3 is 14.9 Å². The van der Waals surface area contributed by atoms with Gasteiger partial charge in [-0.1, -0.05) is 6.07 Å². The molecule has 1 aliphatic rings. The number of nitrogens with zero attached hydrogens (tertiary/aromatic N) is 3. The van der Waals surface area contributed by atoms with Crippen LogP contribution in [0.5, 0.6) is 5.75 Å². The number of carbonyl (C=O) groups excluding carboxylic acids is 1. The van der Waals surface area contributed by atoms with Crippen LogP contribution in [0.25, 0.3) is 0 Å². The van der Waals surface area contributed by atoms with Crippen LogP contribution >= 0.6 is 11.3 Å². The number of aromatic hydroxyl groups is 1. The Labute approximate surface area is 153 Å². The zero-order valence-electron chi connectivity index (χ0n) is 14.6. The molecule has 1 aromatic carbocycles. The quantitative estimate of drug-likeness (QED) is 0.861. The average molecular weight is 359 g/mol. The van der Waals surface area contributed by atoms with E-state index in [-0.39, 0.29) is 5.91 Å². The fourth-order valence-electron chi connectivity index (χ4n) is 3.09. The molecule has 0 aliphatic carbocycles. The van der Waals surface area contributed by atoms with Gasteiger partial charge in [0.2, 0.25) is 5.91 Å². The highest BCUT2D eigenvalue weighted by atomic mass is 32.1. The standard InChI is InChI=1S/C19H25N3O2S/c1-2-21(14-18-4-3-13-25-18)19(24)15-20-9-11-22(12-10-20)16-5-7-17(23)8-6-16/h3-8,13,23H,2,9-12,14-15H2,1H3. The molecule has 3 rings (SSSR count). The van der Waals surface area contributed by atoms with Crippen molar-refractivity contribution in [1.82, 2.24) is 9.80 Å². The topological polar surface area (TPSA) is 47.0 Å². The van der Waals surface area contributed by atoms with Gasteiger partial charge in [0.15, 0.2) is 0 Å². The van der Waals surface area contributed by atoms with E-state index in [1.54, 1.807) is 23.5 Å².